The van der Waals surface area contributed by atoms with Gasteiger partial charge in [-0.15, -0.1) is 0 Å². The van der Waals surface area contributed by atoms with Crippen molar-refractivity contribution in [3.8, 4) is 11.8 Å². The zero-order chi connectivity index (χ0) is 13.9. The molecule has 0 atom stereocenters. The highest BCUT2D eigenvalue weighted by Gasteiger charge is 2.14. The van der Waals surface area contributed by atoms with Gasteiger partial charge in [0.25, 0.3) is 0 Å². The molecule has 1 aliphatic carbocycles. The third-order valence-electron chi connectivity index (χ3n) is 3.66. The van der Waals surface area contributed by atoms with Crippen molar-refractivity contribution in [3.63, 3.8) is 0 Å². The molecule has 3 N–H and O–H groups in total. The van der Waals surface area contributed by atoms with E-state index in [2.05, 4.69) is 47.5 Å². The van der Waals surface area contributed by atoms with Gasteiger partial charge in [0.15, 0.2) is 0 Å². The van der Waals surface area contributed by atoms with E-state index in [9.17, 15) is 4.79 Å². The first-order valence-corrected chi connectivity index (χ1v) is 6.78. The highest BCUT2D eigenvalue weighted by atomic mass is 16.1. The molecule has 0 radical (unpaired) electrons. The first kappa shape index (κ1) is 12.7. The molecule has 0 aromatic heterocycles. The minimum Gasteiger partial charge on any atom is -0.344 e. The summed E-state index contributed by atoms with van der Waals surface area (Å²) in [7, 11) is 0. The number of aryl methyl sites for hydroxylation is 2. The van der Waals surface area contributed by atoms with Crippen LogP contribution in [0.15, 0.2) is 30.3 Å². The third-order valence-corrected chi connectivity index (χ3v) is 3.66. The largest absolute Gasteiger partial charge is 0.344 e. The molecule has 3 heteroatoms. The fourth-order valence-corrected chi connectivity index (χ4v) is 2.71. The molecule has 100 valence electrons. The van der Waals surface area contributed by atoms with Crippen LogP contribution in [0.5, 0.6) is 0 Å². The summed E-state index contributed by atoms with van der Waals surface area (Å²) in [5.41, 5.74) is 9.07. The molecule has 0 aliphatic heterocycles. The Morgan fingerprint density at radius 1 is 1.20 bits per heavy atom. The zero-order valence-electron chi connectivity index (χ0n) is 11.2. The van der Waals surface area contributed by atoms with Crippen LogP contribution in [0.3, 0.4) is 0 Å². The molecule has 1 amide bonds. The quantitative estimate of drug-likeness (QED) is 0.805. The summed E-state index contributed by atoms with van der Waals surface area (Å²) in [6.45, 7) is 0.335. The van der Waals surface area contributed by atoms with Crippen LogP contribution >= 0.6 is 0 Å². The van der Waals surface area contributed by atoms with Crippen LogP contribution in [0.1, 0.15) is 16.7 Å². The Morgan fingerprint density at radius 2 is 2.00 bits per heavy atom. The fraction of sp³-hybridized carbons (Fsp3) is 0.235. The van der Waals surface area contributed by atoms with E-state index >= 15 is 0 Å². The SMILES string of the molecule is NCC(=O)NCC#Cc1ccc2c3c(cccc13)CC2. The number of rotatable bonds is 2. The summed E-state index contributed by atoms with van der Waals surface area (Å²) in [5, 5.41) is 5.23. The normalized spacial score (nSPS) is 12.1. The molecule has 0 heterocycles. The van der Waals surface area contributed by atoms with Crippen molar-refractivity contribution in [2.45, 2.75) is 12.8 Å². The van der Waals surface area contributed by atoms with Crippen molar-refractivity contribution in [2.24, 2.45) is 5.73 Å². The van der Waals surface area contributed by atoms with Gasteiger partial charge in [-0.25, -0.2) is 0 Å². The van der Waals surface area contributed by atoms with Crippen molar-refractivity contribution in [2.75, 3.05) is 13.1 Å². The van der Waals surface area contributed by atoms with Crippen molar-refractivity contribution >= 4 is 16.7 Å². The average Bonchev–Trinajstić information content (AvgIpc) is 2.90. The maximum absolute atomic E-state index is 11.0. The fourth-order valence-electron chi connectivity index (χ4n) is 2.71. The second-order valence-corrected chi connectivity index (χ2v) is 4.89. The van der Waals surface area contributed by atoms with Gasteiger partial charge >= 0.3 is 0 Å². The highest BCUT2D eigenvalue weighted by Crippen LogP contribution is 2.32. The average molecular weight is 264 g/mol. The standard InChI is InChI=1S/C17H16N2O/c18-11-16(20)19-10-2-4-12-6-7-14-9-8-13-3-1-5-15(12)17(13)14/h1,3,5-7H,8-11,18H2,(H,19,20). The Morgan fingerprint density at radius 3 is 2.80 bits per heavy atom. The van der Waals surface area contributed by atoms with Gasteiger partial charge in [0.1, 0.15) is 0 Å². The summed E-state index contributed by atoms with van der Waals surface area (Å²) < 4.78 is 0. The molecule has 0 spiro atoms. The van der Waals surface area contributed by atoms with E-state index in [1.807, 2.05) is 0 Å². The van der Waals surface area contributed by atoms with Crippen LogP contribution in [0.2, 0.25) is 0 Å². The van der Waals surface area contributed by atoms with Crippen molar-refractivity contribution in [1.29, 1.82) is 0 Å². The minimum atomic E-state index is -0.181. The lowest BCUT2D eigenvalue weighted by Crippen LogP contribution is -2.30. The lowest BCUT2D eigenvalue weighted by molar-refractivity contribution is -0.119. The number of benzene rings is 2. The Balaban J connectivity index is 1.90. The molecular weight excluding hydrogens is 248 g/mol. The van der Waals surface area contributed by atoms with Crippen molar-refractivity contribution in [3.05, 3.63) is 47.0 Å². The molecular formula is C17H16N2O. The topological polar surface area (TPSA) is 55.1 Å². The molecule has 3 rings (SSSR count). The van der Waals surface area contributed by atoms with Gasteiger partial charge in [0, 0.05) is 5.56 Å². The summed E-state index contributed by atoms with van der Waals surface area (Å²) in [5.74, 6) is 5.94. The number of nitrogens with one attached hydrogen (secondary N) is 1. The second kappa shape index (κ2) is 5.36. The van der Waals surface area contributed by atoms with Crippen LogP contribution in [0.4, 0.5) is 0 Å². The van der Waals surface area contributed by atoms with E-state index in [4.69, 9.17) is 5.73 Å². The van der Waals surface area contributed by atoms with Gasteiger partial charge in [-0.2, -0.15) is 0 Å². The number of carbonyl (C=O) groups excluding carboxylic acids is 1. The molecule has 1 aliphatic rings. The second-order valence-electron chi connectivity index (χ2n) is 4.89. The Bertz CT molecular complexity index is 727. The Labute approximate surface area is 118 Å². The molecule has 20 heavy (non-hydrogen) atoms. The van der Waals surface area contributed by atoms with Crippen molar-refractivity contribution in [1.82, 2.24) is 5.32 Å². The number of carbonyl (C=O) groups is 1. The van der Waals surface area contributed by atoms with E-state index in [0.717, 1.165) is 18.4 Å². The van der Waals surface area contributed by atoms with E-state index in [-0.39, 0.29) is 12.5 Å². The molecule has 0 fully saturated rings. The van der Waals surface area contributed by atoms with Crippen LogP contribution < -0.4 is 11.1 Å². The minimum absolute atomic E-state index is 0.00265. The van der Waals surface area contributed by atoms with Crippen molar-refractivity contribution < 1.29 is 4.79 Å². The lowest BCUT2D eigenvalue weighted by Gasteiger charge is -2.04. The molecule has 2 aromatic rings. The maximum Gasteiger partial charge on any atom is 0.234 e. The van der Waals surface area contributed by atoms with Gasteiger partial charge < -0.3 is 11.1 Å². The predicted octanol–water partition coefficient (Wildman–Crippen LogP) is 1.36. The Hall–Kier alpha value is -2.31. The monoisotopic (exact) mass is 264 g/mol. The van der Waals surface area contributed by atoms with Crippen LogP contribution in [-0.4, -0.2) is 19.0 Å². The molecule has 0 saturated carbocycles. The number of hydrogen-bond donors (Lipinski definition) is 2. The maximum atomic E-state index is 11.0. The van der Waals surface area contributed by atoms with Gasteiger partial charge in [0.2, 0.25) is 5.91 Å². The van der Waals surface area contributed by atoms with Crippen LogP contribution in [0, 0.1) is 11.8 Å². The van der Waals surface area contributed by atoms with Gasteiger partial charge in [-0.3, -0.25) is 4.79 Å². The van der Waals surface area contributed by atoms with Crippen LogP contribution in [0.25, 0.3) is 10.8 Å². The molecule has 0 unspecified atom stereocenters. The predicted molar refractivity (Wildman–Crippen MR) is 80.3 cm³/mol. The van der Waals surface area contributed by atoms with E-state index < -0.39 is 0 Å². The first-order chi connectivity index (χ1) is 9.79. The third kappa shape index (κ3) is 2.26. The summed E-state index contributed by atoms with van der Waals surface area (Å²) in [6, 6.07) is 10.6. The number of amides is 1. The number of nitrogens with two attached hydrogens (primary N) is 1. The summed E-state index contributed by atoms with van der Waals surface area (Å²) in [4.78, 5) is 11.0. The van der Waals surface area contributed by atoms with Gasteiger partial charge in [-0.1, -0.05) is 36.1 Å². The molecule has 0 bridgehead atoms. The molecule has 0 saturated heterocycles. The highest BCUT2D eigenvalue weighted by molar-refractivity contribution is 5.95. The number of hydrogen-bond acceptors (Lipinski definition) is 2. The summed E-state index contributed by atoms with van der Waals surface area (Å²) in [6.07, 6.45) is 2.24. The van der Waals surface area contributed by atoms with Crippen LogP contribution in [-0.2, 0) is 17.6 Å². The first-order valence-electron chi connectivity index (χ1n) is 6.78. The van der Waals surface area contributed by atoms with E-state index in [0.29, 0.717) is 6.54 Å². The zero-order valence-corrected chi connectivity index (χ0v) is 11.2. The van der Waals surface area contributed by atoms with E-state index in [1.54, 1.807) is 0 Å². The smallest absolute Gasteiger partial charge is 0.234 e. The molecule has 3 nitrogen and oxygen atoms in total. The van der Waals surface area contributed by atoms with E-state index in [1.165, 1.54) is 21.9 Å². The molecule has 2 aromatic carbocycles. The van der Waals surface area contributed by atoms with Gasteiger partial charge in [0.05, 0.1) is 13.1 Å². The lowest BCUT2D eigenvalue weighted by atomic mass is 10.0. The Kier molecular flexibility index (Phi) is 3.41. The van der Waals surface area contributed by atoms with Gasteiger partial charge in [-0.05, 0) is 40.8 Å². The summed E-state index contributed by atoms with van der Waals surface area (Å²) >= 11 is 0.